The van der Waals surface area contributed by atoms with Crippen molar-refractivity contribution in [2.75, 3.05) is 0 Å². The highest BCUT2D eigenvalue weighted by Gasteiger charge is 2.32. The molecule has 0 fully saturated rings. The van der Waals surface area contributed by atoms with Gasteiger partial charge in [-0.15, -0.1) is 11.3 Å². The van der Waals surface area contributed by atoms with Crippen molar-refractivity contribution in [2.45, 2.75) is 38.2 Å². The van der Waals surface area contributed by atoms with Gasteiger partial charge in [0.2, 0.25) is 0 Å². The minimum absolute atomic E-state index is 0.186. The van der Waals surface area contributed by atoms with Crippen LogP contribution in [0, 0.1) is 18.6 Å². The van der Waals surface area contributed by atoms with Crippen LogP contribution in [0.25, 0.3) is 0 Å². The van der Waals surface area contributed by atoms with Crippen LogP contribution in [0.1, 0.15) is 46.4 Å². The van der Waals surface area contributed by atoms with Crippen molar-refractivity contribution >= 4 is 11.3 Å². The van der Waals surface area contributed by atoms with Gasteiger partial charge in [0, 0.05) is 10.8 Å². The van der Waals surface area contributed by atoms with Crippen molar-refractivity contribution in [3.8, 4) is 0 Å². The average Bonchev–Trinajstić information content (AvgIpc) is 2.91. The Labute approximate surface area is 120 Å². The SMILES string of the molecule is Cc1ccc(F)c(C(O)C2CCCc3sccc32)c1F. The fourth-order valence-electron chi connectivity index (χ4n) is 3.00. The second kappa shape index (κ2) is 5.26. The standard InChI is InChI=1S/C16H16F2OS/c1-9-5-6-12(17)14(15(9)18)16(19)11-3-2-4-13-10(11)7-8-20-13/h5-8,11,16,19H,2-4H2,1H3. The number of thiophene rings is 1. The fraction of sp³-hybridized carbons (Fsp3) is 0.375. The Morgan fingerprint density at radius 3 is 2.90 bits per heavy atom. The lowest BCUT2D eigenvalue weighted by atomic mass is 9.81. The highest BCUT2D eigenvalue weighted by Crippen LogP contribution is 2.43. The van der Waals surface area contributed by atoms with Crippen LogP contribution >= 0.6 is 11.3 Å². The molecule has 0 radical (unpaired) electrons. The lowest BCUT2D eigenvalue weighted by Gasteiger charge is -2.28. The molecular formula is C16H16F2OS. The molecule has 1 heterocycles. The molecule has 4 heteroatoms. The predicted molar refractivity (Wildman–Crippen MR) is 76.1 cm³/mol. The van der Waals surface area contributed by atoms with Gasteiger partial charge in [-0.05, 0) is 54.8 Å². The Morgan fingerprint density at radius 1 is 1.30 bits per heavy atom. The summed E-state index contributed by atoms with van der Waals surface area (Å²) < 4.78 is 28.1. The molecule has 106 valence electrons. The molecule has 0 spiro atoms. The molecule has 1 aliphatic rings. The van der Waals surface area contributed by atoms with Gasteiger partial charge in [0.1, 0.15) is 11.6 Å². The number of hydrogen-bond donors (Lipinski definition) is 1. The maximum atomic E-state index is 14.2. The van der Waals surface area contributed by atoms with E-state index in [9.17, 15) is 13.9 Å². The smallest absolute Gasteiger partial charge is 0.134 e. The van der Waals surface area contributed by atoms with E-state index in [1.165, 1.54) is 17.0 Å². The van der Waals surface area contributed by atoms with Crippen molar-refractivity contribution in [2.24, 2.45) is 0 Å². The van der Waals surface area contributed by atoms with Crippen molar-refractivity contribution in [1.82, 2.24) is 0 Å². The highest BCUT2D eigenvalue weighted by molar-refractivity contribution is 7.10. The Morgan fingerprint density at radius 2 is 2.10 bits per heavy atom. The van der Waals surface area contributed by atoms with Gasteiger partial charge < -0.3 is 5.11 Å². The summed E-state index contributed by atoms with van der Waals surface area (Å²) in [4.78, 5) is 1.23. The van der Waals surface area contributed by atoms with Gasteiger partial charge in [-0.1, -0.05) is 6.07 Å². The summed E-state index contributed by atoms with van der Waals surface area (Å²) in [6.07, 6.45) is 1.58. The quantitative estimate of drug-likeness (QED) is 0.865. The number of fused-ring (bicyclic) bond motifs is 1. The first-order valence-corrected chi connectivity index (χ1v) is 7.66. The second-order valence-corrected chi connectivity index (χ2v) is 6.34. The summed E-state index contributed by atoms with van der Waals surface area (Å²) in [5.74, 6) is -1.50. The van der Waals surface area contributed by atoms with E-state index >= 15 is 0 Å². The van der Waals surface area contributed by atoms with Crippen LogP contribution in [0.3, 0.4) is 0 Å². The van der Waals surface area contributed by atoms with Crippen LogP contribution in [0.2, 0.25) is 0 Å². The van der Waals surface area contributed by atoms with Crippen LogP contribution in [0.4, 0.5) is 8.78 Å². The first-order valence-electron chi connectivity index (χ1n) is 6.78. The first kappa shape index (κ1) is 13.7. The van der Waals surface area contributed by atoms with Gasteiger partial charge in [0.05, 0.1) is 11.7 Å². The van der Waals surface area contributed by atoms with Gasteiger partial charge in [0.25, 0.3) is 0 Å². The largest absolute Gasteiger partial charge is 0.388 e. The van der Waals surface area contributed by atoms with E-state index < -0.39 is 17.7 Å². The number of aryl methyl sites for hydroxylation is 2. The molecule has 0 amide bonds. The average molecular weight is 294 g/mol. The first-order chi connectivity index (χ1) is 9.59. The van der Waals surface area contributed by atoms with E-state index in [0.29, 0.717) is 5.56 Å². The summed E-state index contributed by atoms with van der Waals surface area (Å²) >= 11 is 1.65. The topological polar surface area (TPSA) is 20.2 Å². The molecule has 2 aromatic rings. The van der Waals surface area contributed by atoms with Crippen molar-refractivity contribution in [3.63, 3.8) is 0 Å². The molecule has 0 saturated heterocycles. The Bertz CT molecular complexity index is 635. The number of hydrogen-bond acceptors (Lipinski definition) is 2. The molecule has 1 aliphatic carbocycles. The van der Waals surface area contributed by atoms with Crippen LogP contribution in [-0.2, 0) is 6.42 Å². The van der Waals surface area contributed by atoms with Gasteiger partial charge in [-0.2, -0.15) is 0 Å². The van der Waals surface area contributed by atoms with E-state index in [2.05, 4.69) is 0 Å². The highest BCUT2D eigenvalue weighted by atomic mass is 32.1. The molecule has 0 aliphatic heterocycles. The third-order valence-corrected chi connectivity index (χ3v) is 5.09. The number of rotatable bonds is 2. The van der Waals surface area contributed by atoms with Gasteiger partial charge in [-0.25, -0.2) is 8.78 Å². The van der Waals surface area contributed by atoms with E-state index in [4.69, 9.17) is 0 Å². The maximum Gasteiger partial charge on any atom is 0.134 e. The summed E-state index contributed by atoms with van der Waals surface area (Å²) in [7, 11) is 0. The molecule has 3 rings (SSSR count). The van der Waals surface area contributed by atoms with E-state index in [1.807, 2.05) is 11.4 Å². The fourth-order valence-corrected chi connectivity index (χ4v) is 4.00. The van der Waals surface area contributed by atoms with Crippen LogP contribution in [0.15, 0.2) is 23.6 Å². The number of aliphatic hydroxyl groups excluding tert-OH is 1. The molecule has 1 nitrogen and oxygen atoms in total. The summed E-state index contributed by atoms with van der Waals surface area (Å²) in [6, 6.07) is 4.60. The Hall–Kier alpha value is -1.26. The number of benzene rings is 1. The zero-order chi connectivity index (χ0) is 14.3. The third-order valence-electron chi connectivity index (χ3n) is 4.09. The molecular weight excluding hydrogens is 278 g/mol. The van der Waals surface area contributed by atoms with E-state index in [1.54, 1.807) is 18.3 Å². The van der Waals surface area contributed by atoms with Gasteiger partial charge in [0.15, 0.2) is 0 Å². The normalized spacial score (nSPS) is 19.7. The number of aliphatic hydroxyl groups is 1. The van der Waals surface area contributed by atoms with Gasteiger partial charge >= 0.3 is 0 Å². The minimum Gasteiger partial charge on any atom is -0.388 e. The predicted octanol–water partition coefficient (Wildman–Crippen LogP) is 4.49. The minimum atomic E-state index is -1.12. The summed E-state index contributed by atoms with van der Waals surface area (Å²) in [5.41, 5.74) is 1.23. The molecule has 2 unspecified atom stereocenters. The molecule has 2 atom stereocenters. The van der Waals surface area contributed by atoms with E-state index in [0.717, 1.165) is 24.8 Å². The molecule has 0 saturated carbocycles. The zero-order valence-corrected chi connectivity index (χ0v) is 12.0. The molecule has 1 N–H and O–H groups in total. The van der Waals surface area contributed by atoms with Crippen LogP contribution < -0.4 is 0 Å². The summed E-state index contributed by atoms with van der Waals surface area (Å²) in [5, 5.41) is 12.5. The molecule has 0 bridgehead atoms. The Kier molecular flexibility index (Phi) is 3.61. The zero-order valence-electron chi connectivity index (χ0n) is 11.2. The third kappa shape index (κ3) is 2.17. The monoisotopic (exact) mass is 294 g/mol. The maximum absolute atomic E-state index is 14.2. The van der Waals surface area contributed by atoms with Crippen molar-refractivity contribution < 1.29 is 13.9 Å². The van der Waals surface area contributed by atoms with Crippen LogP contribution in [0.5, 0.6) is 0 Å². The van der Waals surface area contributed by atoms with Crippen molar-refractivity contribution in [1.29, 1.82) is 0 Å². The number of halogens is 2. The molecule has 20 heavy (non-hydrogen) atoms. The Balaban J connectivity index is 2.03. The van der Waals surface area contributed by atoms with Crippen molar-refractivity contribution in [3.05, 3.63) is 56.8 Å². The van der Waals surface area contributed by atoms with E-state index in [-0.39, 0.29) is 11.5 Å². The van der Waals surface area contributed by atoms with Crippen LogP contribution in [-0.4, -0.2) is 5.11 Å². The lowest BCUT2D eigenvalue weighted by molar-refractivity contribution is 0.128. The summed E-state index contributed by atoms with van der Waals surface area (Å²) in [6.45, 7) is 1.59. The molecule has 1 aromatic carbocycles. The lowest BCUT2D eigenvalue weighted by Crippen LogP contribution is -2.18. The second-order valence-electron chi connectivity index (χ2n) is 5.33. The van der Waals surface area contributed by atoms with Gasteiger partial charge in [-0.3, -0.25) is 0 Å². The molecule has 1 aromatic heterocycles.